The van der Waals surface area contributed by atoms with Gasteiger partial charge in [-0.05, 0) is 12.8 Å². The van der Waals surface area contributed by atoms with Crippen LogP contribution in [0.5, 0.6) is 0 Å². The molecule has 0 bridgehead atoms. The number of aliphatic hydroxyl groups is 1. The molecule has 2 unspecified atom stereocenters. The van der Waals surface area contributed by atoms with Crippen molar-refractivity contribution in [2.45, 2.75) is 24.9 Å². The monoisotopic (exact) mass is 259 g/mol. The van der Waals surface area contributed by atoms with Gasteiger partial charge >= 0.3 is 5.97 Å². The van der Waals surface area contributed by atoms with E-state index in [1.165, 1.54) is 4.90 Å². The van der Waals surface area contributed by atoms with Gasteiger partial charge in [-0.2, -0.15) is 0 Å². The quantitative estimate of drug-likeness (QED) is 0.431. The molecule has 1 rings (SSSR count). The highest BCUT2D eigenvalue weighted by Gasteiger charge is 2.37. The van der Waals surface area contributed by atoms with Gasteiger partial charge in [0, 0.05) is 6.54 Å². The smallest absolute Gasteiger partial charge is 0.326 e. The number of aliphatic hydroxyl groups excluding tert-OH is 1. The number of nitrogens with two attached hydrogens (primary N) is 1. The van der Waals surface area contributed by atoms with Crippen LogP contribution in [0, 0.1) is 0 Å². The molecule has 1 aliphatic heterocycles. The Kier molecular flexibility index (Phi) is 5.05. The maximum atomic E-state index is 12.0. The fourth-order valence-corrected chi connectivity index (χ4v) is 1.93. The Morgan fingerprint density at radius 3 is 2.61 bits per heavy atom. The number of amides is 2. The number of carbonyl (C=O) groups excluding carboxylic acids is 2. The van der Waals surface area contributed by atoms with Crippen molar-refractivity contribution in [3.05, 3.63) is 0 Å². The summed E-state index contributed by atoms with van der Waals surface area (Å²) in [6.07, 6.45) is 0.968. The van der Waals surface area contributed by atoms with Crippen LogP contribution >= 0.6 is 0 Å². The van der Waals surface area contributed by atoms with Gasteiger partial charge in [-0.15, -0.1) is 0 Å². The van der Waals surface area contributed by atoms with Gasteiger partial charge in [-0.3, -0.25) is 9.59 Å². The van der Waals surface area contributed by atoms with Crippen LogP contribution in [0.15, 0.2) is 0 Å². The van der Waals surface area contributed by atoms with Gasteiger partial charge in [0.25, 0.3) is 0 Å². The molecule has 8 nitrogen and oxygen atoms in total. The molecule has 0 aliphatic carbocycles. The third-order valence-electron chi connectivity index (χ3n) is 2.82. The summed E-state index contributed by atoms with van der Waals surface area (Å²) in [5.41, 5.74) is 5.09. The summed E-state index contributed by atoms with van der Waals surface area (Å²) < 4.78 is 0. The van der Waals surface area contributed by atoms with E-state index in [9.17, 15) is 14.4 Å². The van der Waals surface area contributed by atoms with E-state index < -0.39 is 36.5 Å². The van der Waals surface area contributed by atoms with Crippen LogP contribution in [0.25, 0.3) is 0 Å². The van der Waals surface area contributed by atoms with E-state index in [-0.39, 0.29) is 6.54 Å². The maximum Gasteiger partial charge on any atom is 0.326 e. The molecule has 102 valence electrons. The normalized spacial score (nSPS) is 20.6. The largest absolute Gasteiger partial charge is 0.480 e. The lowest BCUT2D eigenvalue weighted by molar-refractivity contribution is -0.149. The van der Waals surface area contributed by atoms with Crippen LogP contribution in [0.4, 0.5) is 0 Å². The van der Waals surface area contributed by atoms with Crippen molar-refractivity contribution < 1.29 is 24.6 Å². The zero-order valence-electron chi connectivity index (χ0n) is 9.83. The fourth-order valence-electron chi connectivity index (χ4n) is 1.93. The van der Waals surface area contributed by atoms with E-state index in [4.69, 9.17) is 15.9 Å². The molecule has 2 amide bonds. The maximum absolute atomic E-state index is 12.0. The zero-order valence-corrected chi connectivity index (χ0v) is 9.83. The zero-order chi connectivity index (χ0) is 13.7. The minimum Gasteiger partial charge on any atom is -0.480 e. The highest BCUT2D eigenvalue weighted by Crippen LogP contribution is 2.18. The van der Waals surface area contributed by atoms with Crippen LogP contribution in [0.3, 0.4) is 0 Å². The summed E-state index contributed by atoms with van der Waals surface area (Å²) in [6, 6.07) is -2.03. The molecule has 5 N–H and O–H groups in total. The Morgan fingerprint density at radius 2 is 2.11 bits per heavy atom. The molecule has 18 heavy (non-hydrogen) atoms. The van der Waals surface area contributed by atoms with Crippen molar-refractivity contribution in [2.24, 2.45) is 5.73 Å². The van der Waals surface area contributed by atoms with Crippen molar-refractivity contribution in [1.82, 2.24) is 10.2 Å². The SMILES string of the molecule is NCC(=O)NC(CO)C(=O)N1CCCC1C(=O)O. The van der Waals surface area contributed by atoms with Crippen molar-refractivity contribution in [3.63, 3.8) is 0 Å². The van der Waals surface area contributed by atoms with Crippen molar-refractivity contribution in [3.8, 4) is 0 Å². The summed E-state index contributed by atoms with van der Waals surface area (Å²) >= 11 is 0. The van der Waals surface area contributed by atoms with Gasteiger partial charge in [0.05, 0.1) is 13.2 Å². The van der Waals surface area contributed by atoms with Gasteiger partial charge in [0.2, 0.25) is 11.8 Å². The fraction of sp³-hybridized carbons (Fsp3) is 0.700. The summed E-state index contributed by atoms with van der Waals surface area (Å²) in [5, 5.41) is 20.3. The molecule has 0 spiro atoms. The van der Waals surface area contributed by atoms with E-state index in [2.05, 4.69) is 5.32 Å². The van der Waals surface area contributed by atoms with Crippen LogP contribution in [0.1, 0.15) is 12.8 Å². The van der Waals surface area contributed by atoms with Gasteiger partial charge in [-0.25, -0.2) is 4.79 Å². The lowest BCUT2D eigenvalue weighted by atomic mass is 10.2. The Bertz CT molecular complexity index is 346. The van der Waals surface area contributed by atoms with E-state index in [0.29, 0.717) is 19.4 Å². The standard InChI is InChI=1S/C10H17N3O5/c11-4-8(15)12-6(5-14)9(16)13-3-1-2-7(13)10(17)18/h6-7,14H,1-5,11H2,(H,12,15)(H,17,18). The minimum atomic E-state index is -1.14. The number of likely N-dealkylation sites (tertiary alicyclic amines) is 1. The first-order chi connectivity index (χ1) is 8.51. The highest BCUT2D eigenvalue weighted by molar-refractivity contribution is 5.91. The minimum absolute atomic E-state index is 0.299. The molecule has 0 aromatic carbocycles. The van der Waals surface area contributed by atoms with Crippen LogP contribution in [-0.4, -0.2) is 64.7 Å². The number of carboxylic acid groups (broad SMARTS) is 1. The first kappa shape index (κ1) is 14.4. The van der Waals surface area contributed by atoms with Crippen molar-refractivity contribution in [1.29, 1.82) is 0 Å². The van der Waals surface area contributed by atoms with E-state index in [1.54, 1.807) is 0 Å². The van der Waals surface area contributed by atoms with Gasteiger partial charge in [-0.1, -0.05) is 0 Å². The Labute approximate surface area is 104 Å². The van der Waals surface area contributed by atoms with Crippen LogP contribution in [-0.2, 0) is 14.4 Å². The predicted octanol–water partition coefficient (Wildman–Crippen LogP) is -2.50. The predicted molar refractivity (Wildman–Crippen MR) is 60.4 cm³/mol. The molecule has 2 atom stereocenters. The lowest BCUT2D eigenvalue weighted by Crippen LogP contribution is -2.54. The van der Waals surface area contributed by atoms with Crippen molar-refractivity contribution in [2.75, 3.05) is 19.7 Å². The molecule has 0 radical (unpaired) electrons. The summed E-state index contributed by atoms with van der Waals surface area (Å²) in [6.45, 7) is -0.579. The third kappa shape index (κ3) is 3.17. The number of rotatable bonds is 5. The number of nitrogens with one attached hydrogen (secondary N) is 1. The molecular weight excluding hydrogens is 242 g/mol. The Morgan fingerprint density at radius 1 is 1.44 bits per heavy atom. The topological polar surface area (TPSA) is 133 Å². The average molecular weight is 259 g/mol. The molecule has 1 saturated heterocycles. The summed E-state index contributed by atoms with van der Waals surface area (Å²) in [7, 11) is 0. The number of nitrogens with zero attached hydrogens (tertiary/aromatic N) is 1. The first-order valence-electron chi connectivity index (χ1n) is 5.64. The second kappa shape index (κ2) is 6.31. The second-order valence-corrected chi connectivity index (χ2v) is 4.03. The number of carboxylic acids is 1. The molecular formula is C10H17N3O5. The van der Waals surface area contributed by atoms with Gasteiger partial charge < -0.3 is 26.2 Å². The van der Waals surface area contributed by atoms with E-state index >= 15 is 0 Å². The molecule has 0 aromatic heterocycles. The Balaban J connectivity index is 2.71. The lowest BCUT2D eigenvalue weighted by Gasteiger charge is -2.26. The first-order valence-corrected chi connectivity index (χ1v) is 5.64. The molecule has 0 saturated carbocycles. The van der Waals surface area contributed by atoms with E-state index in [1.807, 2.05) is 0 Å². The number of aliphatic carboxylic acids is 1. The van der Waals surface area contributed by atoms with E-state index in [0.717, 1.165) is 0 Å². The molecule has 1 fully saturated rings. The summed E-state index contributed by atoms with van der Waals surface area (Å²) in [5.74, 6) is -2.25. The van der Waals surface area contributed by atoms with Crippen LogP contribution in [0.2, 0.25) is 0 Å². The van der Waals surface area contributed by atoms with Gasteiger partial charge in [0.1, 0.15) is 12.1 Å². The molecule has 8 heteroatoms. The molecule has 0 aromatic rings. The number of carbonyl (C=O) groups is 3. The summed E-state index contributed by atoms with van der Waals surface area (Å²) in [4.78, 5) is 35.2. The highest BCUT2D eigenvalue weighted by atomic mass is 16.4. The second-order valence-electron chi connectivity index (χ2n) is 4.03. The number of hydrogen-bond donors (Lipinski definition) is 4. The molecule has 1 heterocycles. The van der Waals surface area contributed by atoms with Gasteiger partial charge in [0.15, 0.2) is 0 Å². The molecule has 1 aliphatic rings. The average Bonchev–Trinajstić information content (AvgIpc) is 2.83. The Hall–Kier alpha value is -1.67. The van der Waals surface area contributed by atoms with Crippen LogP contribution < -0.4 is 11.1 Å². The number of hydrogen-bond acceptors (Lipinski definition) is 5. The third-order valence-corrected chi connectivity index (χ3v) is 2.82. The van der Waals surface area contributed by atoms with Crippen molar-refractivity contribution >= 4 is 17.8 Å².